The minimum absolute atomic E-state index is 0.00871. The van der Waals surface area contributed by atoms with E-state index in [9.17, 15) is 9.90 Å². The minimum Gasteiger partial charge on any atom is -0.504 e. The molecule has 3 aromatic rings. The Kier molecular flexibility index (Phi) is 6.92. The number of thiocarbonyl (C=S) groups is 1. The number of phenolic OH excluding ortho intramolecular Hbond substituents is 1. The summed E-state index contributed by atoms with van der Waals surface area (Å²) in [5.41, 5.74) is 2.38. The number of hydrogen-bond acceptors (Lipinski definition) is 7. The molecular weight excluding hydrogens is 468 g/mol. The zero-order valence-corrected chi connectivity index (χ0v) is 20.6. The lowest BCUT2D eigenvalue weighted by Crippen LogP contribution is -2.48. The van der Waals surface area contributed by atoms with Crippen LogP contribution in [0.15, 0.2) is 64.3 Å². The molecule has 1 atom stereocenters. The van der Waals surface area contributed by atoms with E-state index < -0.39 is 6.04 Å². The van der Waals surface area contributed by atoms with Crippen molar-refractivity contribution < 1.29 is 23.9 Å². The molecule has 182 valence electrons. The highest BCUT2D eigenvalue weighted by molar-refractivity contribution is 7.80. The summed E-state index contributed by atoms with van der Waals surface area (Å²) in [4.78, 5) is 15.4. The molecule has 0 radical (unpaired) electrons. The lowest BCUT2D eigenvalue weighted by atomic mass is 9.93. The molecule has 2 heterocycles. The van der Waals surface area contributed by atoms with Crippen LogP contribution in [0.2, 0.25) is 0 Å². The van der Waals surface area contributed by atoms with E-state index in [4.69, 9.17) is 26.2 Å². The number of amides is 1. The highest BCUT2D eigenvalue weighted by Gasteiger charge is 2.36. The van der Waals surface area contributed by atoms with Crippen LogP contribution in [0.5, 0.6) is 17.2 Å². The largest absolute Gasteiger partial charge is 0.504 e. The zero-order valence-electron chi connectivity index (χ0n) is 19.8. The van der Waals surface area contributed by atoms with Gasteiger partial charge in [-0.2, -0.15) is 0 Å². The van der Waals surface area contributed by atoms with Crippen LogP contribution in [-0.4, -0.2) is 35.0 Å². The van der Waals surface area contributed by atoms with Crippen molar-refractivity contribution in [1.29, 1.82) is 0 Å². The van der Waals surface area contributed by atoms with Crippen LogP contribution in [0.1, 0.15) is 31.2 Å². The van der Waals surface area contributed by atoms with Gasteiger partial charge in [-0.1, -0.05) is 23.4 Å². The SMILES string of the molecule is CCOc1cc([C@@H]2NC(=S)N(c3ccccc3OC)C(C)=C2C(=O)Nc2cc(C)on2)ccc1O. The van der Waals surface area contributed by atoms with E-state index in [0.717, 1.165) is 0 Å². The molecule has 0 aliphatic carbocycles. The Labute approximate surface area is 208 Å². The molecule has 35 heavy (non-hydrogen) atoms. The van der Waals surface area contributed by atoms with Crippen molar-refractivity contribution in [1.82, 2.24) is 10.5 Å². The number of anilines is 2. The molecule has 10 heteroatoms. The number of hydrogen-bond donors (Lipinski definition) is 3. The third-order valence-corrected chi connectivity index (χ3v) is 5.84. The number of benzene rings is 2. The fourth-order valence-corrected chi connectivity index (χ4v) is 4.34. The number of ether oxygens (including phenoxy) is 2. The van der Waals surface area contributed by atoms with Gasteiger partial charge in [-0.25, -0.2) is 0 Å². The average molecular weight is 495 g/mol. The quantitative estimate of drug-likeness (QED) is 0.411. The molecule has 1 aromatic heterocycles. The van der Waals surface area contributed by atoms with Gasteiger partial charge in [0, 0.05) is 11.8 Å². The molecule has 1 aliphatic heterocycles. The molecule has 1 aliphatic rings. The summed E-state index contributed by atoms with van der Waals surface area (Å²) in [5, 5.41) is 20.5. The van der Waals surface area contributed by atoms with Gasteiger partial charge in [-0.15, -0.1) is 0 Å². The van der Waals surface area contributed by atoms with Crippen molar-refractivity contribution in [2.24, 2.45) is 0 Å². The van der Waals surface area contributed by atoms with Crippen molar-refractivity contribution in [2.75, 3.05) is 23.9 Å². The van der Waals surface area contributed by atoms with E-state index in [2.05, 4.69) is 15.8 Å². The normalized spacial score (nSPS) is 15.6. The second kappa shape index (κ2) is 10.1. The Morgan fingerprint density at radius 3 is 2.69 bits per heavy atom. The molecule has 0 saturated heterocycles. The number of nitrogens with zero attached hydrogens (tertiary/aromatic N) is 2. The number of rotatable bonds is 7. The standard InChI is InChI=1S/C25H26N4O5S/c1-5-33-20-13-16(10-11-18(20)30)23-22(24(31)26-21-12-14(2)34-28-21)15(3)29(25(35)27-23)17-8-6-7-9-19(17)32-4/h6-13,23,30H,5H2,1-4H3,(H,27,35)(H,26,28,31)/t23-/m0/s1. The van der Waals surface area contributed by atoms with Crippen LogP contribution in [0.4, 0.5) is 11.5 Å². The number of aromatic nitrogens is 1. The third kappa shape index (κ3) is 4.78. The number of para-hydroxylation sites is 2. The molecule has 9 nitrogen and oxygen atoms in total. The smallest absolute Gasteiger partial charge is 0.257 e. The fraction of sp³-hybridized carbons (Fsp3) is 0.240. The molecule has 0 spiro atoms. The summed E-state index contributed by atoms with van der Waals surface area (Å²) in [7, 11) is 1.58. The van der Waals surface area contributed by atoms with Crippen LogP contribution in [-0.2, 0) is 4.79 Å². The maximum absolute atomic E-state index is 13.6. The van der Waals surface area contributed by atoms with Gasteiger partial charge in [-0.3, -0.25) is 9.69 Å². The number of aryl methyl sites for hydroxylation is 1. The predicted molar refractivity (Wildman–Crippen MR) is 136 cm³/mol. The first-order chi connectivity index (χ1) is 16.8. The molecule has 1 amide bonds. The van der Waals surface area contributed by atoms with Crippen LogP contribution in [0.3, 0.4) is 0 Å². The van der Waals surface area contributed by atoms with Crippen molar-refractivity contribution >= 4 is 34.7 Å². The number of methoxy groups -OCH3 is 1. The average Bonchev–Trinajstić information content (AvgIpc) is 3.24. The zero-order chi connectivity index (χ0) is 25.1. The molecule has 3 N–H and O–H groups in total. The van der Waals surface area contributed by atoms with Gasteiger partial charge in [0.05, 0.1) is 31.0 Å². The molecule has 2 aromatic carbocycles. The van der Waals surface area contributed by atoms with Crippen LogP contribution in [0, 0.1) is 6.92 Å². The van der Waals surface area contributed by atoms with E-state index >= 15 is 0 Å². The molecular formula is C25H26N4O5S. The first kappa shape index (κ1) is 24.1. The van der Waals surface area contributed by atoms with E-state index in [1.54, 1.807) is 37.1 Å². The molecule has 0 fully saturated rings. The Hall–Kier alpha value is -4.05. The number of allylic oxidation sites excluding steroid dienone is 1. The highest BCUT2D eigenvalue weighted by Crippen LogP contribution is 2.39. The Bertz CT molecular complexity index is 1300. The fourth-order valence-electron chi connectivity index (χ4n) is 3.98. The van der Waals surface area contributed by atoms with Crippen LogP contribution in [0.25, 0.3) is 0 Å². The topological polar surface area (TPSA) is 109 Å². The van der Waals surface area contributed by atoms with Crippen molar-refractivity contribution in [3.8, 4) is 17.2 Å². The summed E-state index contributed by atoms with van der Waals surface area (Å²) in [6.07, 6.45) is 0. The Balaban J connectivity index is 1.84. The Morgan fingerprint density at radius 1 is 1.23 bits per heavy atom. The summed E-state index contributed by atoms with van der Waals surface area (Å²) < 4.78 is 16.2. The third-order valence-electron chi connectivity index (χ3n) is 5.54. The van der Waals surface area contributed by atoms with Crippen LogP contribution >= 0.6 is 12.2 Å². The Morgan fingerprint density at radius 2 is 2.00 bits per heavy atom. The lowest BCUT2D eigenvalue weighted by molar-refractivity contribution is -0.113. The monoisotopic (exact) mass is 494 g/mol. The first-order valence-electron chi connectivity index (χ1n) is 11.0. The van der Waals surface area contributed by atoms with Crippen molar-refractivity contribution in [3.05, 3.63) is 71.1 Å². The molecule has 0 bridgehead atoms. The number of carbonyl (C=O) groups excluding carboxylic acids is 1. The van der Waals surface area contributed by atoms with Gasteiger partial charge in [0.1, 0.15) is 11.5 Å². The van der Waals surface area contributed by atoms with E-state index in [1.807, 2.05) is 38.1 Å². The number of aromatic hydroxyl groups is 1. The molecule has 4 rings (SSSR count). The van der Waals surface area contributed by atoms with Gasteiger partial charge in [0.25, 0.3) is 5.91 Å². The minimum atomic E-state index is -0.624. The number of nitrogens with one attached hydrogen (secondary N) is 2. The maximum Gasteiger partial charge on any atom is 0.257 e. The summed E-state index contributed by atoms with van der Waals surface area (Å²) in [6, 6.07) is 13.4. The second-order valence-electron chi connectivity index (χ2n) is 7.83. The molecule has 0 saturated carbocycles. The summed E-state index contributed by atoms with van der Waals surface area (Å²) in [5.74, 6) is 1.40. The van der Waals surface area contributed by atoms with Gasteiger partial charge in [-0.05, 0) is 62.8 Å². The van der Waals surface area contributed by atoms with Gasteiger partial charge in [0.15, 0.2) is 22.4 Å². The summed E-state index contributed by atoms with van der Waals surface area (Å²) in [6.45, 7) is 5.77. The highest BCUT2D eigenvalue weighted by atomic mass is 32.1. The van der Waals surface area contributed by atoms with Crippen molar-refractivity contribution in [2.45, 2.75) is 26.8 Å². The lowest BCUT2D eigenvalue weighted by Gasteiger charge is -2.38. The van der Waals surface area contributed by atoms with E-state index in [0.29, 0.717) is 57.3 Å². The van der Waals surface area contributed by atoms with Crippen LogP contribution < -0.4 is 25.0 Å². The predicted octanol–water partition coefficient (Wildman–Crippen LogP) is 4.44. The van der Waals surface area contributed by atoms with Gasteiger partial charge >= 0.3 is 0 Å². The first-order valence-corrected chi connectivity index (χ1v) is 11.4. The molecule has 0 unspecified atom stereocenters. The maximum atomic E-state index is 13.6. The van der Waals surface area contributed by atoms with Gasteiger partial charge < -0.3 is 29.7 Å². The van der Waals surface area contributed by atoms with E-state index in [1.165, 1.54) is 6.07 Å². The van der Waals surface area contributed by atoms with Gasteiger partial charge in [0.2, 0.25) is 0 Å². The number of phenols is 1. The second-order valence-corrected chi connectivity index (χ2v) is 8.21. The van der Waals surface area contributed by atoms with Crippen molar-refractivity contribution in [3.63, 3.8) is 0 Å². The van der Waals surface area contributed by atoms with E-state index in [-0.39, 0.29) is 11.7 Å². The summed E-state index contributed by atoms with van der Waals surface area (Å²) >= 11 is 5.74. The number of carbonyl (C=O) groups is 1.